The molecule has 0 saturated heterocycles. The molecule has 3 nitrogen and oxygen atoms in total. The molecule has 2 heterocycles. The summed E-state index contributed by atoms with van der Waals surface area (Å²) in [4.78, 5) is 5.86. The van der Waals surface area contributed by atoms with Crippen molar-refractivity contribution >= 4 is 16.3 Å². The molecule has 0 bridgehead atoms. The highest BCUT2D eigenvalue weighted by Gasteiger charge is 2.22. The number of likely N-dealkylation sites (N-methyl/N-ethyl adjacent to an activating group) is 1. The number of thiazole rings is 1. The number of fused-ring (bicyclic) bond motifs is 1. The molecule has 2 aromatic heterocycles. The Morgan fingerprint density at radius 2 is 2.05 bits per heavy atom. The minimum absolute atomic E-state index is 0.581. The van der Waals surface area contributed by atoms with E-state index in [-0.39, 0.29) is 0 Å². The Bertz CT molecular complexity index is 494. The molecule has 0 aliphatic heterocycles. The maximum absolute atomic E-state index is 4.74. The van der Waals surface area contributed by atoms with Crippen molar-refractivity contribution in [2.24, 2.45) is 5.92 Å². The fraction of sp³-hybridized carbons (Fsp3) is 0.688. The molecular weight excluding hydrogens is 266 g/mol. The van der Waals surface area contributed by atoms with Gasteiger partial charge >= 0.3 is 0 Å². The smallest absolute Gasteiger partial charge is 0.193 e. The summed E-state index contributed by atoms with van der Waals surface area (Å²) in [5.41, 5.74) is 1.23. The Kier molecular flexibility index (Phi) is 4.73. The lowest BCUT2D eigenvalue weighted by atomic mass is 9.84. The van der Waals surface area contributed by atoms with Crippen LogP contribution in [0.2, 0.25) is 0 Å². The number of hydrogen-bond donors (Lipinski definition) is 1. The second-order valence-electron chi connectivity index (χ2n) is 6.03. The Morgan fingerprint density at radius 1 is 1.30 bits per heavy atom. The monoisotopic (exact) mass is 291 g/mol. The van der Waals surface area contributed by atoms with Crippen molar-refractivity contribution in [1.82, 2.24) is 14.7 Å². The van der Waals surface area contributed by atoms with E-state index in [1.807, 2.05) is 0 Å². The lowest BCUT2D eigenvalue weighted by Gasteiger charge is -2.28. The standard InChI is InChI=1S/C16H25N3S/c1-17-15(13-7-5-3-2-4-6-8-13)11-14-12-19-9-10-20-16(19)18-14/h9-10,12-13,15,17H,2-8,11H2,1H3. The van der Waals surface area contributed by atoms with Crippen molar-refractivity contribution in [2.75, 3.05) is 7.05 Å². The van der Waals surface area contributed by atoms with Crippen LogP contribution in [0, 0.1) is 5.92 Å². The summed E-state index contributed by atoms with van der Waals surface area (Å²) in [5, 5.41) is 5.65. The average molecular weight is 291 g/mol. The third kappa shape index (κ3) is 3.23. The van der Waals surface area contributed by atoms with Gasteiger partial charge < -0.3 is 5.32 Å². The summed E-state index contributed by atoms with van der Waals surface area (Å²) in [7, 11) is 2.11. The van der Waals surface area contributed by atoms with Gasteiger partial charge in [-0.2, -0.15) is 0 Å². The summed E-state index contributed by atoms with van der Waals surface area (Å²) < 4.78 is 2.14. The summed E-state index contributed by atoms with van der Waals surface area (Å²) in [6.07, 6.45) is 15.2. The van der Waals surface area contributed by atoms with E-state index < -0.39 is 0 Å². The lowest BCUT2D eigenvalue weighted by Crippen LogP contribution is -2.36. The predicted molar refractivity (Wildman–Crippen MR) is 85.4 cm³/mol. The van der Waals surface area contributed by atoms with Gasteiger partial charge in [-0.15, -0.1) is 11.3 Å². The van der Waals surface area contributed by atoms with Gasteiger partial charge in [0.15, 0.2) is 4.96 Å². The van der Waals surface area contributed by atoms with Crippen molar-refractivity contribution in [1.29, 1.82) is 0 Å². The van der Waals surface area contributed by atoms with Crippen LogP contribution in [0.25, 0.3) is 4.96 Å². The molecule has 3 rings (SSSR count). The number of nitrogens with one attached hydrogen (secondary N) is 1. The van der Waals surface area contributed by atoms with E-state index in [2.05, 4.69) is 34.5 Å². The largest absolute Gasteiger partial charge is 0.316 e. The van der Waals surface area contributed by atoms with Gasteiger partial charge in [0.25, 0.3) is 0 Å². The van der Waals surface area contributed by atoms with Crippen molar-refractivity contribution in [3.05, 3.63) is 23.5 Å². The van der Waals surface area contributed by atoms with Gasteiger partial charge in [0.2, 0.25) is 0 Å². The number of imidazole rings is 1. The summed E-state index contributed by atoms with van der Waals surface area (Å²) >= 11 is 1.72. The van der Waals surface area contributed by atoms with E-state index in [4.69, 9.17) is 4.98 Å². The highest BCUT2D eigenvalue weighted by Crippen LogP contribution is 2.26. The fourth-order valence-electron chi connectivity index (χ4n) is 3.49. The summed E-state index contributed by atoms with van der Waals surface area (Å²) in [6.45, 7) is 0. The van der Waals surface area contributed by atoms with Gasteiger partial charge in [-0.25, -0.2) is 4.98 Å². The van der Waals surface area contributed by atoms with Gasteiger partial charge in [0.1, 0.15) is 0 Å². The molecule has 1 aliphatic rings. The Balaban J connectivity index is 1.67. The molecule has 1 fully saturated rings. The fourth-order valence-corrected chi connectivity index (χ4v) is 4.21. The third-order valence-electron chi connectivity index (χ3n) is 4.66. The number of aromatic nitrogens is 2. The second kappa shape index (κ2) is 6.72. The molecule has 0 aromatic carbocycles. The van der Waals surface area contributed by atoms with Crippen LogP contribution in [0.3, 0.4) is 0 Å². The topological polar surface area (TPSA) is 29.3 Å². The molecular formula is C16H25N3S. The van der Waals surface area contributed by atoms with Crippen LogP contribution in [0.15, 0.2) is 17.8 Å². The van der Waals surface area contributed by atoms with E-state index in [1.165, 1.54) is 50.6 Å². The van der Waals surface area contributed by atoms with Gasteiger partial charge in [0, 0.05) is 30.2 Å². The molecule has 1 unspecified atom stereocenters. The van der Waals surface area contributed by atoms with E-state index in [9.17, 15) is 0 Å². The third-order valence-corrected chi connectivity index (χ3v) is 5.43. The SMILES string of the molecule is CNC(Cc1cn2ccsc2n1)C1CCCCCCC1. The van der Waals surface area contributed by atoms with Crippen molar-refractivity contribution in [3.63, 3.8) is 0 Å². The zero-order valence-electron chi connectivity index (χ0n) is 12.3. The quantitative estimate of drug-likeness (QED) is 0.926. The van der Waals surface area contributed by atoms with E-state index in [1.54, 1.807) is 11.3 Å². The Morgan fingerprint density at radius 3 is 2.75 bits per heavy atom. The molecule has 2 aromatic rings. The molecule has 110 valence electrons. The normalized spacial score (nSPS) is 19.9. The molecule has 0 radical (unpaired) electrons. The van der Waals surface area contributed by atoms with Crippen LogP contribution in [0.4, 0.5) is 0 Å². The van der Waals surface area contributed by atoms with E-state index in [0.29, 0.717) is 6.04 Å². The lowest BCUT2D eigenvalue weighted by molar-refractivity contribution is 0.293. The molecule has 4 heteroatoms. The van der Waals surface area contributed by atoms with E-state index in [0.717, 1.165) is 17.3 Å². The van der Waals surface area contributed by atoms with E-state index >= 15 is 0 Å². The van der Waals surface area contributed by atoms with Gasteiger partial charge in [-0.3, -0.25) is 4.40 Å². The first-order valence-corrected chi connectivity index (χ1v) is 8.83. The highest BCUT2D eigenvalue weighted by molar-refractivity contribution is 7.15. The zero-order chi connectivity index (χ0) is 13.8. The first-order chi connectivity index (χ1) is 9.86. The highest BCUT2D eigenvalue weighted by atomic mass is 32.1. The van der Waals surface area contributed by atoms with Crippen LogP contribution >= 0.6 is 11.3 Å². The Labute approximate surface area is 125 Å². The molecule has 1 atom stereocenters. The number of hydrogen-bond acceptors (Lipinski definition) is 3. The molecule has 1 aliphatic carbocycles. The van der Waals surface area contributed by atoms with Crippen molar-refractivity contribution in [2.45, 2.75) is 57.4 Å². The molecule has 1 saturated carbocycles. The molecule has 0 amide bonds. The maximum Gasteiger partial charge on any atom is 0.193 e. The number of rotatable bonds is 4. The van der Waals surface area contributed by atoms with Crippen LogP contribution in [0.5, 0.6) is 0 Å². The van der Waals surface area contributed by atoms with Crippen LogP contribution < -0.4 is 5.32 Å². The minimum atomic E-state index is 0.581. The first kappa shape index (κ1) is 14.1. The van der Waals surface area contributed by atoms with Crippen LogP contribution in [-0.2, 0) is 6.42 Å². The molecule has 1 N–H and O–H groups in total. The van der Waals surface area contributed by atoms with Gasteiger partial charge in [0.05, 0.1) is 5.69 Å². The second-order valence-corrected chi connectivity index (χ2v) is 6.90. The summed E-state index contributed by atoms with van der Waals surface area (Å²) in [6, 6.07) is 0.581. The van der Waals surface area contributed by atoms with Crippen molar-refractivity contribution in [3.8, 4) is 0 Å². The molecule has 20 heavy (non-hydrogen) atoms. The Hall–Kier alpha value is -0.870. The molecule has 0 spiro atoms. The average Bonchev–Trinajstić information content (AvgIpc) is 2.97. The van der Waals surface area contributed by atoms with Crippen molar-refractivity contribution < 1.29 is 0 Å². The zero-order valence-corrected chi connectivity index (χ0v) is 13.2. The summed E-state index contributed by atoms with van der Waals surface area (Å²) in [5.74, 6) is 0.819. The van der Waals surface area contributed by atoms with Crippen LogP contribution in [0.1, 0.15) is 50.6 Å². The predicted octanol–water partition coefficient (Wildman–Crippen LogP) is 3.89. The minimum Gasteiger partial charge on any atom is -0.316 e. The van der Waals surface area contributed by atoms with Crippen LogP contribution in [-0.4, -0.2) is 22.5 Å². The number of nitrogens with zero attached hydrogens (tertiary/aromatic N) is 2. The van der Waals surface area contributed by atoms with Gasteiger partial charge in [-0.1, -0.05) is 32.1 Å². The maximum atomic E-state index is 4.74. The first-order valence-electron chi connectivity index (χ1n) is 7.95. The van der Waals surface area contributed by atoms with Gasteiger partial charge in [-0.05, 0) is 25.8 Å².